The van der Waals surface area contributed by atoms with E-state index in [0.29, 0.717) is 11.5 Å². The number of aromatic nitrogens is 1. The van der Waals surface area contributed by atoms with Crippen molar-refractivity contribution in [2.24, 2.45) is 0 Å². The summed E-state index contributed by atoms with van der Waals surface area (Å²) < 4.78 is 38.7. The predicted octanol–water partition coefficient (Wildman–Crippen LogP) is 2.14. The molecule has 3 aromatic carbocycles. The average Bonchev–Trinajstić information content (AvgIpc) is 2.87. The fourth-order valence-corrected chi connectivity index (χ4v) is 5.33. The van der Waals surface area contributed by atoms with Gasteiger partial charge in [0.15, 0.2) is 28.0 Å². The fourth-order valence-electron chi connectivity index (χ4n) is 3.96. The molecule has 0 fully saturated rings. The van der Waals surface area contributed by atoms with Crippen LogP contribution in [0, 0.1) is 0 Å². The number of rotatable bonds is 7. The minimum atomic E-state index is -3.36. The fraction of sp³-hybridized carbons (Fsp3) is 0.107. The first-order chi connectivity index (χ1) is 16.5. The highest BCUT2D eigenvalue weighted by atomic mass is 35.5. The number of pyridine rings is 2. The van der Waals surface area contributed by atoms with Gasteiger partial charge >= 0.3 is 0 Å². The van der Waals surface area contributed by atoms with Gasteiger partial charge in [0.05, 0.1) is 17.8 Å². The van der Waals surface area contributed by atoms with Gasteiger partial charge in [-0.05, 0) is 52.9 Å². The van der Waals surface area contributed by atoms with Gasteiger partial charge in [-0.3, -0.25) is 0 Å². The molecular weight excluding hydrogens is 482 g/mol. The highest BCUT2D eigenvalue weighted by Gasteiger charge is 2.15. The summed E-state index contributed by atoms with van der Waals surface area (Å²) in [5.74, 6) is 1.55. The minimum Gasteiger partial charge on any atom is -1.00 e. The molecule has 178 valence electrons. The number of hydrogen-bond acceptors (Lipinski definition) is 4. The number of hydrogen-bond donors (Lipinski definition) is 0. The molecule has 0 N–H and O–H groups in total. The summed E-state index contributed by atoms with van der Waals surface area (Å²) in [4.78, 5) is 0.336. The van der Waals surface area contributed by atoms with Gasteiger partial charge in [0.1, 0.15) is 12.4 Å². The Morgan fingerprint density at radius 1 is 0.800 bits per heavy atom. The Hall–Kier alpha value is -3.61. The highest BCUT2D eigenvalue weighted by molar-refractivity contribution is 7.90. The summed E-state index contributed by atoms with van der Waals surface area (Å²) in [5, 5.41) is 2.16. The van der Waals surface area contributed by atoms with Gasteiger partial charge in [-0.25, -0.2) is 8.42 Å². The first-order valence-electron chi connectivity index (χ1n) is 10.9. The second-order valence-corrected chi connectivity index (χ2v) is 10.1. The van der Waals surface area contributed by atoms with Gasteiger partial charge < -0.3 is 21.9 Å². The van der Waals surface area contributed by atoms with Gasteiger partial charge in [-0.15, -0.1) is 0 Å². The number of benzene rings is 3. The van der Waals surface area contributed by atoms with Crippen LogP contribution in [0.25, 0.3) is 16.3 Å². The second kappa shape index (κ2) is 10.3. The maximum absolute atomic E-state index is 12.6. The first kappa shape index (κ1) is 24.5. The van der Waals surface area contributed by atoms with Gasteiger partial charge in [-0.1, -0.05) is 42.5 Å². The molecule has 0 saturated carbocycles. The molecule has 0 unspecified atom stereocenters. The molecule has 0 spiro atoms. The summed E-state index contributed by atoms with van der Waals surface area (Å²) >= 11 is 0. The van der Waals surface area contributed by atoms with Crippen LogP contribution < -0.4 is 26.3 Å². The molecule has 5 rings (SSSR count). The van der Waals surface area contributed by atoms with E-state index in [1.807, 2.05) is 65.2 Å². The lowest BCUT2D eigenvalue weighted by Gasteiger charge is -2.09. The monoisotopic (exact) mass is 505 g/mol. The van der Waals surface area contributed by atoms with Gasteiger partial charge in [0.2, 0.25) is 0 Å². The number of halogens is 1. The topological polar surface area (TPSA) is 56.7 Å². The smallest absolute Gasteiger partial charge is 0.253 e. The third kappa shape index (κ3) is 5.39. The number of fused-ring (bicyclic) bond motifs is 2. The average molecular weight is 506 g/mol. The van der Waals surface area contributed by atoms with Crippen LogP contribution in [0.2, 0.25) is 0 Å². The molecule has 0 radical (unpaired) electrons. The van der Waals surface area contributed by atoms with Crippen molar-refractivity contribution in [3.8, 4) is 11.5 Å². The Morgan fingerprint density at radius 2 is 1.54 bits per heavy atom. The lowest BCUT2D eigenvalue weighted by atomic mass is 10.1. The van der Waals surface area contributed by atoms with Crippen LogP contribution in [0.4, 0.5) is 0 Å². The lowest BCUT2D eigenvalue weighted by molar-refractivity contribution is -0.510. The molecule has 35 heavy (non-hydrogen) atoms. The molecule has 0 aliphatic rings. The molecule has 0 amide bonds. The van der Waals surface area contributed by atoms with Crippen LogP contribution in [-0.2, 0) is 22.2 Å². The van der Waals surface area contributed by atoms with Crippen molar-refractivity contribution >= 4 is 26.1 Å². The van der Waals surface area contributed by atoms with Crippen LogP contribution in [0.3, 0.4) is 0 Å². The van der Waals surface area contributed by atoms with E-state index < -0.39 is 9.84 Å². The van der Waals surface area contributed by atoms with E-state index in [1.165, 1.54) is 0 Å². The van der Waals surface area contributed by atoms with E-state index >= 15 is 0 Å². The van der Waals surface area contributed by atoms with Crippen molar-refractivity contribution in [1.82, 2.24) is 0 Å². The summed E-state index contributed by atoms with van der Waals surface area (Å²) in [5.41, 5.74) is 2.70. The Morgan fingerprint density at radius 3 is 2.29 bits per heavy atom. The Kier molecular flexibility index (Phi) is 7.24. The molecule has 0 atom stereocenters. The SMILES string of the molecule is COc1ccc[n+]2cc3ccc(OCc4ccc(CS(=O)(=O)c5ccccc5)cc4)cc3cc12.[Cl-]. The zero-order valence-electron chi connectivity index (χ0n) is 19.1. The zero-order chi connectivity index (χ0) is 23.5. The quantitative estimate of drug-likeness (QED) is 0.251. The summed E-state index contributed by atoms with van der Waals surface area (Å²) in [6.45, 7) is 0.392. The molecule has 0 bridgehead atoms. The van der Waals surface area contributed by atoms with Crippen molar-refractivity contribution in [2.45, 2.75) is 17.3 Å². The maximum atomic E-state index is 12.6. The second-order valence-electron chi connectivity index (χ2n) is 8.11. The number of ether oxygens (including phenoxy) is 2. The molecule has 5 nitrogen and oxygen atoms in total. The summed E-state index contributed by atoms with van der Waals surface area (Å²) in [6.07, 6.45) is 4.07. The normalized spacial score (nSPS) is 11.2. The highest BCUT2D eigenvalue weighted by Crippen LogP contribution is 2.25. The number of nitrogens with zero attached hydrogens (tertiary/aromatic N) is 1. The van der Waals surface area contributed by atoms with Crippen LogP contribution >= 0.6 is 0 Å². The largest absolute Gasteiger partial charge is 1.00 e. The number of sulfone groups is 1. The van der Waals surface area contributed by atoms with E-state index in [1.54, 1.807) is 37.4 Å². The Labute approximate surface area is 210 Å². The van der Waals surface area contributed by atoms with E-state index in [9.17, 15) is 8.42 Å². The Bertz CT molecular complexity index is 1570. The lowest BCUT2D eigenvalue weighted by Crippen LogP contribution is -3.00. The van der Waals surface area contributed by atoms with E-state index in [2.05, 4.69) is 12.3 Å². The zero-order valence-corrected chi connectivity index (χ0v) is 20.7. The van der Waals surface area contributed by atoms with Crippen LogP contribution in [0.1, 0.15) is 11.1 Å². The van der Waals surface area contributed by atoms with Crippen molar-refractivity contribution in [3.63, 3.8) is 0 Å². The Balaban J connectivity index is 0.00000289. The molecule has 2 aromatic heterocycles. The van der Waals surface area contributed by atoms with Crippen molar-refractivity contribution < 1.29 is 34.7 Å². The predicted molar refractivity (Wildman–Crippen MR) is 132 cm³/mol. The van der Waals surface area contributed by atoms with Gasteiger partial charge in [-0.2, -0.15) is 4.40 Å². The van der Waals surface area contributed by atoms with E-state index in [-0.39, 0.29) is 18.2 Å². The third-order valence-corrected chi connectivity index (χ3v) is 7.46. The summed E-state index contributed by atoms with van der Waals surface area (Å²) in [6, 6.07) is 28.0. The standard InChI is InChI=1S/C28H24NO4S.ClH/c1-32-28-8-5-15-29-18-23-13-14-25(16-24(23)17-27(28)29)33-19-21-9-11-22(12-10-21)20-34(30,31)26-6-3-2-4-7-26;/h2-18H,19-20H2,1H3;1H/q+1;/p-1. The van der Waals surface area contributed by atoms with Gasteiger partial charge in [0, 0.05) is 17.5 Å². The molecule has 0 aliphatic carbocycles. The molecule has 0 saturated heterocycles. The van der Waals surface area contributed by atoms with Crippen molar-refractivity contribution in [3.05, 3.63) is 115 Å². The molecular formula is C28H24ClNO4S. The number of methoxy groups -OCH3 is 1. The molecule has 5 aromatic rings. The van der Waals surface area contributed by atoms with Gasteiger partial charge in [0.25, 0.3) is 5.52 Å². The summed E-state index contributed by atoms with van der Waals surface area (Å²) in [7, 11) is -1.70. The van der Waals surface area contributed by atoms with E-state index in [4.69, 9.17) is 9.47 Å². The first-order valence-corrected chi connectivity index (χ1v) is 12.6. The van der Waals surface area contributed by atoms with Crippen LogP contribution in [0.5, 0.6) is 11.5 Å². The third-order valence-electron chi connectivity index (χ3n) is 5.76. The molecule has 7 heteroatoms. The van der Waals surface area contributed by atoms with Crippen LogP contribution in [0.15, 0.2) is 108 Å². The van der Waals surface area contributed by atoms with E-state index in [0.717, 1.165) is 38.9 Å². The molecule has 0 aliphatic heterocycles. The maximum Gasteiger partial charge on any atom is 0.253 e. The molecule has 2 heterocycles. The minimum absolute atomic E-state index is 0. The van der Waals surface area contributed by atoms with Crippen LogP contribution in [-0.4, -0.2) is 15.5 Å². The van der Waals surface area contributed by atoms with Crippen molar-refractivity contribution in [1.29, 1.82) is 0 Å². The van der Waals surface area contributed by atoms with Crippen molar-refractivity contribution in [2.75, 3.05) is 7.11 Å².